The number of nitrogens with zero attached hydrogens (tertiary/aromatic N) is 1. The molecular weight excluding hydrogens is 888 g/mol. The summed E-state index contributed by atoms with van der Waals surface area (Å²) in [5.41, 5.74) is 0. The summed E-state index contributed by atoms with van der Waals surface area (Å²) >= 11 is 0. The Morgan fingerprint density at radius 1 is 0.500 bits per heavy atom. The standard InChI is InChI=1S/C61H103N2O6P/c1-6-8-10-12-14-15-16-17-18-19-20-21-22-23-24-25-26-27-28-29-30-31-32-33-34-35-36-37-38-39-40-41-42-43-44-45-46-47-49-51-53-55-61(65)62-59(60(64)54-52-50-48-13-11-9-7-2)58-69-70(66,67)68-57-56-63(3,4)5/h8,10,14-15,17-18,20-21,23-24,26-27,29-30,32-33,35-36,38-39,41-42,59-60,64H,6-7,9,11-13,16,19,22,25,28,31,34,37,40,43-58H2,1-5H3,(H-,62,65,66,67)/p+1/b10-8-,15-14-,18-17-,21-20-,24-23-,27-26-,30-29-,33-32-,36-35-,39-38-,42-41-. The molecule has 0 heterocycles. The van der Waals surface area contributed by atoms with E-state index < -0.39 is 20.0 Å². The lowest BCUT2D eigenvalue weighted by Gasteiger charge is -2.26. The average molecular weight is 992 g/mol. The van der Waals surface area contributed by atoms with E-state index in [1.807, 2.05) is 21.1 Å². The van der Waals surface area contributed by atoms with Crippen LogP contribution in [0.2, 0.25) is 0 Å². The van der Waals surface area contributed by atoms with Gasteiger partial charge in [0.25, 0.3) is 0 Å². The number of phosphoric ester groups is 1. The molecule has 3 N–H and O–H groups in total. The van der Waals surface area contributed by atoms with Crippen LogP contribution in [0.1, 0.15) is 194 Å². The van der Waals surface area contributed by atoms with E-state index in [-0.39, 0.29) is 19.1 Å². The lowest BCUT2D eigenvalue weighted by atomic mass is 10.0. The van der Waals surface area contributed by atoms with Crippen molar-refractivity contribution in [2.24, 2.45) is 0 Å². The van der Waals surface area contributed by atoms with Crippen molar-refractivity contribution in [3.63, 3.8) is 0 Å². The molecule has 0 aliphatic rings. The van der Waals surface area contributed by atoms with Crippen molar-refractivity contribution in [2.75, 3.05) is 40.9 Å². The summed E-state index contributed by atoms with van der Waals surface area (Å²) in [6, 6.07) is -0.773. The molecule has 0 saturated heterocycles. The average Bonchev–Trinajstić information content (AvgIpc) is 3.32. The van der Waals surface area contributed by atoms with Crippen LogP contribution in [0.5, 0.6) is 0 Å². The highest BCUT2D eigenvalue weighted by atomic mass is 31.2. The van der Waals surface area contributed by atoms with Crippen molar-refractivity contribution < 1.29 is 32.9 Å². The van der Waals surface area contributed by atoms with Gasteiger partial charge in [-0.15, -0.1) is 0 Å². The molecule has 0 spiro atoms. The zero-order valence-corrected chi connectivity index (χ0v) is 46.1. The zero-order chi connectivity index (χ0) is 51.3. The molecule has 0 aromatic heterocycles. The maximum absolute atomic E-state index is 12.9. The van der Waals surface area contributed by atoms with Gasteiger partial charge in [-0.25, -0.2) is 4.57 Å². The number of carbonyl (C=O) groups excluding carboxylic acids is 1. The molecule has 1 amide bonds. The van der Waals surface area contributed by atoms with Crippen LogP contribution in [0.25, 0.3) is 0 Å². The molecule has 70 heavy (non-hydrogen) atoms. The van der Waals surface area contributed by atoms with Gasteiger partial charge in [0, 0.05) is 6.42 Å². The van der Waals surface area contributed by atoms with Gasteiger partial charge in [-0.3, -0.25) is 13.8 Å². The van der Waals surface area contributed by atoms with Gasteiger partial charge in [0.2, 0.25) is 5.91 Å². The van der Waals surface area contributed by atoms with Crippen LogP contribution in [-0.4, -0.2) is 73.4 Å². The number of allylic oxidation sites excluding steroid dienone is 22. The van der Waals surface area contributed by atoms with Crippen LogP contribution in [0.4, 0.5) is 0 Å². The Balaban J connectivity index is 4.01. The summed E-state index contributed by atoms with van der Waals surface area (Å²) in [5, 5.41) is 13.9. The third-order valence-electron chi connectivity index (χ3n) is 11.4. The largest absolute Gasteiger partial charge is 0.472 e. The molecule has 0 aromatic rings. The molecule has 0 aliphatic carbocycles. The van der Waals surface area contributed by atoms with E-state index in [1.165, 1.54) is 44.9 Å². The van der Waals surface area contributed by atoms with Gasteiger partial charge in [0.1, 0.15) is 13.2 Å². The predicted octanol–water partition coefficient (Wildman–Crippen LogP) is 16.8. The predicted molar refractivity (Wildman–Crippen MR) is 304 cm³/mol. The van der Waals surface area contributed by atoms with Crippen molar-refractivity contribution in [1.82, 2.24) is 5.32 Å². The van der Waals surface area contributed by atoms with E-state index >= 15 is 0 Å². The first kappa shape index (κ1) is 66.6. The molecule has 3 atom stereocenters. The summed E-state index contributed by atoms with van der Waals surface area (Å²) < 4.78 is 23.5. The fourth-order valence-electron chi connectivity index (χ4n) is 7.11. The second-order valence-corrected chi connectivity index (χ2v) is 20.7. The lowest BCUT2D eigenvalue weighted by molar-refractivity contribution is -0.870. The maximum Gasteiger partial charge on any atom is 0.472 e. The van der Waals surface area contributed by atoms with Gasteiger partial charge < -0.3 is 19.8 Å². The Morgan fingerprint density at radius 3 is 1.26 bits per heavy atom. The number of carbonyl (C=O) groups is 1. The Labute approximate surface area is 430 Å². The number of rotatable bonds is 48. The first-order valence-corrected chi connectivity index (χ1v) is 29.0. The Morgan fingerprint density at radius 2 is 0.857 bits per heavy atom. The van der Waals surface area contributed by atoms with Gasteiger partial charge in [-0.2, -0.15) is 0 Å². The summed E-state index contributed by atoms with van der Waals surface area (Å²) in [7, 11) is 1.58. The summed E-state index contributed by atoms with van der Waals surface area (Å²) in [5.74, 6) is -0.166. The molecule has 0 radical (unpaired) electrons. The fourth-order valence-corrected chi connectivity index (χ4v) is 7.84. The molecular formula is C61H104N2O6P+. The first-order chi connectivity index (χ1) is 34.0. The summed E-state index contributed by atoms with van der Waals surface area (Å²) in [6.45, 7) is 4.69. The maximum atomic E-state index is 12.9. The quantitative estimate of drug-likeness (QED) is 0.0243. The first-order valence-electron chi connectivity index (χ1n) is 27.5. The summed E-state index contributed by atoms with van der Waals surface area (Å²) in [4.78, 5) is 23.1. The molecule has 8 nitrogen and oxygen atoms in total. The van der Waals surface area contributed by atoms with Crippen LogP contribution in [0, 0.1) is 0 Å². The second kappa shape index (κ2) is 50.6. The van der Waals surface area contributed by atoms with E-state index in [4.69, 9.17) is 9.05 Å². The van der Waals surface area contributed by atoms with Crippen molar-refractivity contribution in [2.45, 2.75) is 206 Å². The molecule has 0 fully saturated rings. The number of likely N-dealkylation sites (N-methyl/N-ethyl adjacent to an activating group) is 1. The smallest absolute Gasteiger partial charge is 0.391 e. The minimum Gasteiger partial charge on any atom is -0.391 e. The zero-order valence-electron chi connectivity index (χ0n) is 45.2. The third-order valence-corrected chi connectivity index (χ3v) is 12.4. The number of phosphoric acid groups is 1. The number of aliphatic hydroxyl groups excluding tert-OH is 1. The number of nitrogens with one attached hydrogen (secondary N) is 1. The number of quaternary nitrogens is 1. The Bertz CT molecular complexity index is 1590. The lowest BCUT2D eigenvalue weighted by Crippen LogP contribution is -2.46. The van der Waals surface area contributed by atoms with Gasteiger partial charge in [0.15, 0.2) is 0 Å². The summed E-state index contributed by atoms with van der Waals surface area (Å²) in [6.07, 6.45) is 76.8. The van der Waals surface area contributed by atoms with E-state index in [2.05, 4.69) is 153 Å². The van der Waals surface area contributed by atoms with Gasteiger partial charge in [0.05, 0.1) is 39.9 Å². The van der Waals surface area contributed by atoms with Crippen LogP contribution < -0.4 is 5.32 Å². The molecule has 0 bridgehead atoms. The Hall–Kier alpha value is -3.36. The number of aliphatic hydroxyl groups is 1. The van der Waals surface area contributed by atoms with E-state index in [0.29, 0.717) is 23.9 Å². The van der Waals surface area contributed by atoms with Crippen LogP contribution in [-0.2, 0) is 18.4 Å². The molecule has 0 saturated carbocycles. The highest BCUT2D eigenvalue weighted by Crippen LogP contribution is 2.43. The van der Waals surface area contributed by atoms with Gasteiger partial charge in [-0.05, 0) is 96.3 Å². The molecule has 0 rings (SSSR count). The van der Waals surface area contributed by atoms with E-state index in [9.17, 15) is 19.4 Å². The van der Waals surface area contributed by atoms with Gasteiger partial charge in [-0.1, -0.05) is 225 Å². The van der Waals surface area contributed by atoms with Crippen molar-refractivity contribution in [3.8, 4) is 0 Å². The van der Waals surface area contributed by atoms with Crippen LogP contribution >= 0.6 is 7.82 Å². The molecule has 3 unspecified atom stereocenters. The fraction of sp³-hybridized carbons (Fsp3) is 0.623. The number of hydrogen-bond donors (Lipinski definition) is 3. The third kappa shape index (κ3) is 52.5. The molecule has 0 aliphatic heterocycles. The number of hydrogen-bond acceptors (Lipinski definition) is 5. The van der Waals surface area contributed by atoms with E-state index in [0.717, 1.165) is 122 Å². The van der Waals surface area contributed by atoms with Crippen LogP contribution in [0.3, 0.4) is 0 Å². The Kier molecular flexibility index (Phi) is 48.1. The van der Waals surface area contributed by atoms with Crippen LogP contribution in [0.15, 0.2) is 134 Å². The van der Waals surface area contributed by atoms with E-state index in [1.54, 1.807) is 0 Å². The minimum absolute atomic E-state index is 0.0652. The minimum atomic E-state index is -4.32. The molecule has 0 aromatic carbocycles. The van der Waals surface area contributed by atoms with Gasteiger partial charge >= 0.3 is 7.82 Å². The highest BCUT2D eigenvalue weighted by Gasteiger charge is 2.28. The van der Waals surface area contributed by atoms with Crippen molar-refractivity contribution in [3.05, 3.63) is 134 Å². The molecule has 9 heteroatoms. The highest BCUT2D eigenvalue weighted by molar-refractivity contribution is 7.47. The number of unbranched alkanes of at least 4 members (excludes halogenated alkanes) is 13. The van der Waals surface area contributed by atoms with Crippen molar-refractivity contribution >= 4 is 13.7 Å². The second-order valence-electron chi connectivity index (χ2n) is 19.2. The normalized spacial score (nSPS) is 15.0. The number of amides is 1. The van der Waals surface area contributed by atoms with Crippen molar-refractivity contribution in [1.29, 1.82) is 0 Å². The molecule has 398 valence electrons. The topological polar surface area (TPSA) is 105 Å². The monoisotopic (exact) mass is 992 g/mol. The SMILES string of the molecule is CC/C=C\C/C=C\C/C=C\C/C=C\C/C=C\C/C=C\C/C=C\C/C=C\C/C=C\C/C=C\C/C=C\CCCCCCCCCC(=O)NC(COP(=O)(O)OCC[N+](C)(C)C)C(O)CCCCCCCCC.